The van der Waals surface area contributed by atoms with Gasteiger partial charge in [-0.2, -0.15) is 0 Å². The zero-order chi connectivity index (χ0) is 19.8. The predicted octanol–water partition coefficient (Wildman–Crippen LogP) is 4.17. The first kappa shape index (κ1) is 27.0. The van der Waals surface area contributed by atoms with Gasteiger partial charge in [0.1, 0.15) is 6.61 Å². The number of esters is 1. The van der Waals surface area contributed by atoms with Gasteiger partial charge in [0.05, 0.1) is 46.2 Å². The number of halogens is 1. The Morgan fingerprint density at radius 3 is 1.70 bits per heavy atom. The number of carbonyl (C=O) groups excluding carboxylic acids is 1. The summed E-state index contributed by atoms with van der Waals surface area (Å²) in [5.41, 5.74) is 0. The predicted molar refractivity (Wildman–Crippen MR) is 116 cm³/mol. The third-order valence-corrected chi connectivity index (χ3v) is 4.53. The van der Waals surface area contributed by atoms with E-state index in [9.17, 15) is 4.79 Å². The first-order valence-corrected chi connectivity index (χ1v) is 11.9. The molecule has 0 N–H and O–H groups in total. The molecule has 0 aromatic heterocycles. The number of ether oxygens (including phenoxy) is 5. The van der Waals surface area contributed by atoms with Crippen molar-refractivity contribution in [3.05, 3.63) is 0 Å². The second-order valence-corrected chi connectivity index (χ2v) is 7.31. The second kappa shape index (κ2) is 24.1. The molecule has 27 heavy (non-hydrogen) atoms. The molecule has 0 radical (unpaired) electrons. The second-order valence-electron chi connectivity index (χ2n) is 6.23. The average molecular weight is 502 g/mol. The van der Waals surface area contributed by atoms with Crippen LogP contribution in [-0.2, 0) is 28.5 Å². The molecule has 0 rings (SSSR count). The molecule has 0 heterocycles. The Kier molecular flexibility index (Phi) is 24.1. The molecule has 0 aliphatic carbocycles. The Labute approximate surface area is 179 Å². The van der Waals surface area contributed by atoms with Crippen LogP contribution < -0.4 is 0 Å². The highest BCUT2D eigenvalue weighted by molar-refractivity contribution is 14.1. The van der Waals surface area contributed by atoms with Crippen molar-refractivity contribution < 1.29 is 28.5 Å². The number of alkyl halides is 1. The lowest BCUT2D eigenvalue weighted by Crippen LogP contribution is -2.14. The van der Waals surface area contributed by atoms with Crippen LogP contribution in [0.1, 0.15) is 58.3 Å². The molecule has 0 bridgehead atoms. The van der Waals surface area contributed by atoms with E-state index in [2.05, 4.69) is 29.5 Å². The van der Waals surface area contributed by atoms with Crippen LogP contribution in [0.25, 0.3) is 0 Å². The number of rotatable bonds is 22. The van der Waals surface area contributed by atoms with Gasteiger partial charge < -0.3 is 23.7 Å². The van der Waals surface area contributed by atoms with Gasteiger partial charge in [-0.1, -0.05) is 55.2 Å². The summed E-state index contributed by atoms with van der Waals surface area (Å²) in [6, 6.07) is 0. The van der Waals surface area contributed by atoms with E-state index in [1.807, 2.05) is 0 Å². The van der Waals surface area contributed by atoms with Crippen molar-refractivity contribution in [1.29, 1.82) is 0 Å². The number of hydrogen-bond acceptors (Lipinski definition) is 6. The molecular weight excluding hydrogens is 463 g/mol. The van der Waals surface area contributed by atoms with Gasteiger partial charge in [0.15, 0.2) is 0 Å². The Morgan fingerprint density at radius 2 is 1.15 bits per heavy atom. The van der Waals surface area contributed by atoms with Crippen LogP contribution in [-0.4, -0.2) is 69.9 Å². The molecule has 7 heteroatoms. The van der Waals surface area contributed by atoms with E-state index in [0.717, 1.165) is 32.3 Å². The van der Waals surface area contributed by atoms with Gasteiger partial charge in [0.2, 0.25) is 0 Å². The quantitative estimate of drug-likeness (QED) is 0.0959. The fourth-order valence-electron chi connectivity index (χ4n) is 2.22. The average Bonchev–Trinajstić information content (AvgIpc) is 2.67. The molecule has 0 atom stereocenters. The summed E-state index contributed by atoms with van der Waals surface area (Å²) in [6.45, 7) is 7.03. The summed E-state index contributed by atoms with van der Waals surface area (Å²) in [5, 5.41) is 0. The standard InChI is InChI=1S/C20H39IO6/c1-2-3-6-9-20(22)27-19-18-26-17-16-25-15-14-24-13-12-23-11-8-5-4-7-10-21/h2-19H2,1H3. The summed E-state index contributed by atoms with van der Waals surface area (Å²) < 4.78 is 28.0. The lowest BCUT2D eigenvalue weighted by Gasteiger charge is -2.08. The maximum atomic E-state index is 11.4. The zero-order valence-electron chi connectivity index (χ0n) is 17.1. The Balaban J connectivity index is 3.06. The summed E-state index contributed by atoms with van der Waals surface area (Å²) >= 11 is 2.42. The number of unbranched alkanes of at least 4 members (excludes halogenated alkanes) is 5. The van der Waals surface area contributed by atoms with Crippen LogP contribution >= 0.6 is 22.6 Å². The largest absolute Gasteiger partial charge is 0.463 e. The van der Waals surface area contributed by atoms with Gasteiger partial charge in [0.25, 0.3) is 0 Å². The molecule has 0 saturated heterocycles. The Hall–Kier alpha value is 0.0400. The van der Waals surface area contributed by atoms with Gasteiger partial charge >= 0.3 is 5.97 Å². The van der Waals surface area contributed by atoms with Crippen molar-refractivity contribution in [2.75, 3.05) is 63.9 Å². The van der Waals surface area contributed by atoms with E-state index in [4.69, 9.17) is 23.7 Å². The van der Waals surface area contributed by atoms with Crippen LogP contribution in [0.5, 0.6) is 0 Å². The molecule has 162 valence electrons. The third-order valence-electron chi connectivity index (χ3n) is 3.76. The first-order chi connectivity index (χ1) is 13.3. The molecular formula is C20H39IO6. The molecule has 0 aromatic carbocycles. The minimum Gasteiger partial charge on any atom is -0.463 e. The van der Waals surface area contributed by atoms with Crippen LogP contribution in [0.3, 0.4) is 0 Å². The van der Waals surface area contributed by atoms with Gasteiger partial charge in [-0.15, -0.1) is 0 Å². The topological polar surface area (TPSA) is 63.2 Å². The molecule has 0 amide bonds. The maximum Gasteiger partial charge on any atom is 0.305 e. The van der Waals surface area contributed by atoms with E-state index < -0.39 is 0 Å². The van der Waals surface area contributed by atoms with E-state index in [1.54, 1.807) is 0 Å². The maximum absolute atomic E-state index is 11.4. The van der Waals surface area contributed by atoms with E-state index >= 15 is 0 Å². The Morgan fingerprint density at radius 1 is 0.630 bits per heavy atom. The van der Waals surface area contributed by atoms with E-state index in [0.29, 0.717) is 59.3 Å². The molecule has 0 aliphatic rings. The summed E-state index contributed by atoms with van der Waals surface area (Å²) in [4.78, 5) is 11.4. The highest BCUT2D eigenvalue weighted by Crippen LogP contribution is 2.02. The van der Waals surface area contributed by atoms with Crippen LogP contribution in [0.4, 0.5) is 0 Å². The minimum absolute atomic E-state index is 0.138. The monoisotopic (exact) mass is 502 g/mol. The van der Waals surface area contributed by atoms with Crippen molar-refractivity contribution in [1.82, 2.24) is 0 Å². The van der Waals surface area contributed by atoms with Gasteiger partial charge in [-0.3, -0.25) is 4.79 Å². The lowest BCUT2D eigenvalue weighted by atomic mass is 10.2. The van der Waals surface area contributed by atoms with Crippen molar-refractivity contribution in [2.24, 2.45) is 0 Å². The fourth-order valence-corrected chi connectivity index (χ4v) is 2.76. The van der Waals surface area contributed by atoms with Crippen LogP contribution in [0, 0.1) is 0 Å². The molecule has 0 saturated carbocycles. The molecule has 0 aromatic rings. The third kappa shape index (κ3) is 24.0. The highest BCUT2D eigenvalue weighted by atomic mass is 127. The van der Waals surface area contributed by atoms with Crippen LogP contribution in [0.15, 0.2) is 0 Å². The van der Waals surface area contributed by atoms with Gasteiger partial charge in [-0.05, 0) is 23.7 Å². The molecule has 0 unspecified atom stereocenters. The minimum atomic E-state index is -0.138. The zero-order valence-corrected chi connectivity index (χ0v) is 19.2. The molecule has 0 fully saturated rings. The number of carbonyl (C=O) groups is 1. The van der Waals surface area contributed by atoms with Crippen LogP contribution in [0.2, 0.25) is 0 Å². The van der Waals surface area contributed by atoms with Crippen molar-refractivity contribution in [2.45, 2.75) is 58.3 Å². The smallest absolute Gasteiger partial charge is 0.305 e. The van der Waals surface area contributed by atoms with E-state index in [1.165, 1.54) is 23.7 Å². The van der Waals surface area contributed by atoms with Crippen molar-refractivity contribution in [3.63, 3.8) is 0 Å². The van der Waals surface area contributed by atoms with Crippen molar-refractivity contribution >= 4 is 28.6 Å². The molecule has 6 nitrogen and oxygen atoms in total. The van der Waals surface area contributed by atoms with Gasteiger partial charge in [-0.25, -0.2) is 0 Å². The molecule has 0 spiro atoms. The number of hydrogen-bond donors (Lipinski definition) is 0. The Bertz CT molecular complexity index is 304. The fraction of sp³-hybridized carbons (Fsp3) is 0.950. The SMILES string of the molecule is CCCCCC(=O)OCCOCCOCCOCCOCCCCCCI. The highest BCUT2D eigenvalue weighted by Gasteiger charge is 2.01. The lowest BCUT2D eigenvalue weighted by molar-refractivity contribution is -0.145. The summed E-state index contributed by atoms with van der Waals surface area (Å²) in [6.07, 6.45) is 8.57. The first-order valence-electron chi connectivity index (χ1n) is 10.3. The summed E-state index contributed by atoms with van der Waals surface area (Å²) in [5.74, 6) is -0.138. The van der Waals surface area contributed by atoms with Crippen molar-refractivity contribution in [3.8, 4) is 0 Å². The normalized spacial score (nSPS) is 11.0. The van der Waals surface area contributed by atoms with Gasteiger partial charge in [0, 0.05) is 13.0 Å². The molecule has 0 aliphatic heterocycles. The van der Waals surface area contributed by atoms with E-state index in [-0.39, 0.29) is 5.97 Å². The summed E-state index contributed by atoms with van der Waals surface area (Å²) in [7, 11) is 0.